The van der Waals surface area contributed by atoms with Crippen LogP contribution in [-0.4, -0.2) is 51.4 Å². The quantitative estimate of drug-likeness (QED) is 0.272. The van der Waals surface area contributed by atoms with E-state index < -0.39 is 28.5 Å². The molecule has 1 atom stereocenters. The van der Waals surface area contributed by atoms with E-state index in [0.29, 0.717) is 30.8 Å². The topological polar surface area (TPSA) is 96.0 Å². The van der Waals surface area contributed by atoms with E-state index in [4.69, 9.17) is 4.74 Å². The first kappa shape index (κ1) is 32.7. The van der Waals surface area contributed by atoms with Crippen LogP contribution in [0.4, 0.5) is 5.69 Å². The van der Waals surface area contributed by atoms with Crippen molar-refractivity contribution in [1.29, 1.82) is 0 Å². The summed E-state index contributed by atoms with van der Waals surface area (Å²) in [5, 5.41) is 2.95. The van der Waals surface area contributed by atoms with Gasteiger partial charge >= 0.3 is 0 Å². The number of rotatable bonds is 14. The van der Waals surface area contributed by atoms with Crippen LogP contribution in [0.5, 0.6) is 5.75 Å². The number of aryl methyl sites for hydroxylation is 2. The standard InChI is InChI=1S/C33H43N3O5S/c1-7-27-13-9-10-15-31(27)36(42(39,40)29-18-16-25(5)17-19-29)23-32(37)35(22-26-12-11-14-28(20-26)41-6)30(8-2)33(38)34-21-24(3)4/h9-20,24,30H,7-8,21-23H2,1-6H3,(H,34,38)/t30-/m1/s1. The highest BCUT2D eigenvalue weighted by Gasteiger charge is 2.34. The first-order valence-electron chi connectivity index (χ1n) is 14.4. The van der Waals surface area contributed by atoms with Gasteiger partial charge in [-0.1, -0.05) is 75.7 Å². The van der Waals surface area contributed by atoms with Crippen molar-refractivity contribution in [3.63, 3.8) is 0 Å². The molecule has 0 spiro atoms. The summed E-state index contributed by atoms with van der Waals surface area (Å²) in [4.78, 5) is 29.2. The summed E-state index contributed by atoms with van der Waals surface area (Å²) in [5.74, 6) is 0.0997. The van der Waals surface area contributed by atoms with E-state index in [1.165, 1.54) is 9.21 Å². The van der Waals surface area contributed by atoms with Crippen molar-refractivity contribution in [2.24, 2.45) is 5.92 Å². The van der Waals surface area contributed by atoms with Crippen molar-refractivity contribution >= 4 is 27.5 Å². The SMILES string of the molecule is CCc1ccccc1N(CC(=O)N(Cc1cccc(OC)c1)[C@H](CC)C(=O)NCC(C)C)S(=O)(=O)c1ccc(C)cc1. The van der Waals surface area contributed by atoms with E-state index in [9.17, 15) is 18.0 Å². The van der Waals surface area contributed by atoms with Crippen molar-refractivity contribution in [2.45, 2.75) is 64.9 Å². The number of benzene rings is 3. The Morgan fingerprint density at radius 3 is 2.26 bits per heavy atom. The van der Waals surface area contributed by atoms with E-state index in [0.717, 1.165) is 16.7 Å². The number of carbonyl (C=O) groups is 2. The van der Waals surface area contributed by atoms with Gasteiger partial charge in [0.05, 0.1) is 17.7 Å². The summed E-state index contributed by atoms with van der Waals surface area (Å²) < 4.78 is 34.8. The Hall–Kier alpha value is -3.85. The molecule has 9 heteroatoms. The van der Waals surface area contributed by atoms with Gasteiger partial charge in [0.2, 0.25) is 11.8 Å². The molecule has 0 unspecified atom stereocenters. The van der Waals surface area contributed by atoms with E-state index in [1.807, 2.05) is 65.0 Å². The fourth-order valence-corrected chi connectivity index (χ4v) is 6.17. The average Bonchev–Trinajstić information content (AvgIpc) is 2.98. The Balaban J connectivity index is 2.09. The summed E-state index contributed by atoms with van der Waals surface area (Å²) in [7, 11) is -2.56. The van der Waals surface area contributed by atoms with Crippen LogP contribution in [0.1, 0.15) is 50.8 Å². The zero-order valence-electron chi connectivity index (χ0n) is 25.5. The Morgan fingerprint density at radius 2 is 1.64 bits per heavy atom. The number of hydrogen-bond donors (Lipinski definition) is 1. The highest BCUT2D eigenvalue weighted by atomic mass is 32.2. The largest absolute Gasteiger partial charge is 0.497 e. The minimum atomic E-state index is -4.12. The molecule has 42 heavy (non-hydrogen) atoms. The number of ether oxygens (including phenoxy) is 1. The van der Waals surface area contributed by atoms with Crippen molar-refractivity contribution < 1.29 is 22.7 Å². The van der Waals surface area contributed by atoms with Crippen LogP contribution in [0.3, 0.4) is 0 Å². The third-order valence-corrected chi connectivity index (χ3v) is 8.86. The molecule has 2 amide bonds. The van der Waals surface area contributed by atoms with Crippen molar-refractivity contribution in [2.75, 3.05) is 24.5 Å². The third-order valence-electron chi connectivity index (χ3n) is 7.09. The molecular weight excluding hydrogens is 550 g/mol. The lowest BCUT2D eigenvalue weighted by Crippen LogP contribution is -2.52. The van der Waals surface area contributed by atoms with Crippen LogP contribution in [0.25, 0.3) is 0 Å². The van der Waals surface area contributed by atoms with Gasteiger partial charge in [-0.3, -0.25) is 13.9 Å². The minimum Gasteiger partial charge on any atom is -0.497 e. The van der Waals surface area contributed by atoms with Crippen LogP contribution in [0, 0.1) is 12.8 Å². The van der Waals surface area contributed by atoms with Crippen LogP contribution < -0.4 is 14.4 Å². The summed E-state index contributed by atoms with van der Waals surface area (Å²) in [6.45, 7) is 9.78. The normalized spacial score (nSPS) is 12.1. The second-order valence-corrected chi connectivity index (χ2v) is 12.6. The monoisotopic (exact) mass is 593 g/mol. The Bertz CT molecular complexity index is 1450. The van der Waals surface area contributed by atoms with Gasteiger partial charge in [-0.2, -0.15) is 0 Å². The van der Waals surface area contributed by atoms with E-state index >= 15 is 0 Å². The fraction of sp³-hybridized carbons (Fsp3) is 0.394. The first-order valence-corrected chi connectivity index (χ1v) is 15.8. The van der Waals surface area contributed by atoms with Gasteiger partial charge in [0, 0.05) is 13.1 Å². The first-order chi connectivity index (χ1) is 20.0. The molecule has 8 nitrogen and oxygen atoms in total. The maximum atomic E-state index is 14.3. The number of anilines is 1. The zero-order chi connectivity index (χ0) is 30.9. The highest BCUT2D eigenvalue weighted by molar-refractivity contribution is 7.92. The molecule has 0 aliphatic rings. The average molecular weight is 594 g/mol. The lowest BCUT2D eigenvalue weighted by Gasteiger charge is -2.34. The second kappa shape index (κ2) is 14.9. The summed E-state index contributed by atoms with van der Waals surface area (Å²) in [6, 6.07) is 20.3. The molecule has 0 aromatic heterocycles. The second-order valence-electron chi connectivity index (χ2n) is 10.7. The molecule has 0 radical (unpaired) electrons. The van der Waals surface area contributed by atoms with Gasteiger partial charge in [0.15, 0.2) is 0 Å². The molecule has 0 fully saturated rings. The lowest BCUT2D eigenvalue weighted by molar-refractivity contribution is -0.140. The van der Waals surface area contributed by atoms with Crippen molar-refractivity contribution in [3.05, 3.63) is 89.5 Å². The number of sulfonamides is 1. The number of methoxy groups -OCH3 is 1. The maximum Gasteiger partial charge on any atom is 0.264 e. The molecule has 1 N–H and O–H groups in total. The van der Waals surface area contributed by atoms with Gasteiger partial charge in [-0.05, 0) is 67.1 Å². The Kier molecular flexibility index (Phi) is 11.6. The van der Waals surface area contributed by atoms with Gasteiger partial charge in [0.1, 0.15) is 18.3 Å². The predicted molar refractivity (Wildman–Crippen MR) is 167 cm³/mol. The fourth-order valence-electron chi connectivity index (χ4n) is 4.71. The molecule has 0 aliphatic carbocycles. The van der Waals surface area contributed by atoms with Crippen molar-refractivity contribution in [3.8, 4) is 5.75 Å². The zero-order valence-corrected chi connectivity index (χ0v) is 26.3. The summed E-state index contributed by atoms with van der Waals surface area (Å²) >= 11 is 0. The number of para-hydroxylation sites is 1. The third kappa shape index (κ3) is 8.12. The molecule has 0 saturated carbocycles. The van der Waals surface area contributed by atoms with Crippen LogP contribution in [-0.2, 0) is 32.6 Å². The summed E-state index contributed by atoms with van der Waals surface area (Å²) in [5.41, 5.74) is 2.92. The molecule has 0 saturated heterocycles. The molecule has 3 aromatic carbocycles. The molecule has 3 rings (SSSR count). The minimum absolute atomic E-state index is 0.0906. The lowest BCUT2D eigenvalue weighted by atomic mass is 10.1. The number of amides is 2. The molecule has 3 aromatic rings. The number of nitrogens with one attached hydrogen (secondary N) is 1. The Morgan fingerprint density at radius 1 is 0.952 bits per heavy atom. The smallest absolute Gasteiger partial charge is 0.264 e. The predicted octanol–water partition coefficient (Wildman–Crippen LogP) is 5.34. The van der Waals surface area contributed by atoms with Crippen LogP contribution >= 0.6 is 0 Å². The van der Waals surface area contributed by atoms with Gasteiger partial charge in [0.25, 0.3) is 10.0 Å². The number of carbonyl (C=O) groups excluding carboxylic acids is 2. The van der Waals surface area contributed by atoms with Crippen molar-refractivity contribution in [1.82, 2.24) is 10.2 Å². The number of nitrogens with zero attached hydrogens (tertiary/aromatic N) is 2. The van der Waals surface area contributed by atoms with Crippen LogP contribution in [0.2, 0.25) is 0 Å². The molecule has 0 aliphatic heterocycles. The summed E-state index contributed by atoms with van der Waals surface area (Å²) in [6.07, 6.45) is 0.933. The van der Waals surface area contributed by atoms with Gasteiger partial charge < -0.3 is 15.0 Å². The molecule has 0 heterocycles. The molecule has 0 bridgehead atoms. The Labute approximate surface area is 250 Å². The number of hydrogen-bond acceptors (Lipinski definition) is 5. The van der Waals surface area contributed by atoms with Gasteiger partial charge in [-0.25, -0.2) is 8.42 Å². The molecule has 226 valence electrons. The van der Waals surface area contributed by atoms with E-state index in [-0.39, 0.29) is 23.3 Å². The van der Waals surface area contributed by atoms with Gasteiger partial charge in [-0.15, -0.1) is 0 Å². The molecular formula is C33H43N3O5S. The maximum absolute atomic E-state index is 14.3. The van der Waals surface area contributed by atoms with E-state index in [2.05, 4.69) is 5.32 Å². The van der Waals surface area contributed by atoms with Crippen LogP contribution in [0.15, 0.2) is 77.7 Å². The highest BCUT2D eigenvalue weighted by Crippen LogP contribution is 2.29. The van der Waals surface area contributed by atoms with E-state index in [1.54, 1.807) is 49.6 Å².